The van der Waals surface area contributed by atoms with E-state index < -0.39 is 17.5 Å². The number of carbonyl (C=O) groups excluding carboxylic acids is 2. The minimum atomic E-state index is -0.546. The predicted octanol–water partition coefficient (Wildman–Crippen LogP) is 2.67. The summed E-state index contributed by atoms with van der Waals surface area (Å²) in [6.07, 6.45) is 2.96. The van der Waals surface area contributed by atoms with Gasteiger partial charge in [-0.05, 0) is 45.0 Å². The molecule has 1 aromatic carbocycles. The second kappa shape index (κ2) is 7.93. The first kappa shape index (κ1) is 19.7. The number of aromatic nitrogens is 4. The van der Waals surface area contributed by atoms with Crippen molar-refractivity contribution in [1.29, 1.82) is 0 Å². The number of thioether (sulfide) groups is 1. The number of hydrogen-bond donors (Lipinski definition) is 2. The SMILES string of the molecule is CC(C)(C)NC(=O)NC(=O)CSc1ncnc2c1cnn2-c1ccc(F)cc1. The first-order valence-electron chi connectivity index (χ1n) is 8.42. The lowest BCUT2D eigenvalue weighted by Gasteiger charge is -2.20. The molecule has 0 atom stereocenters. The molecular formula is C18H19FN6O2S. The van der Waals surface area contributed by atoms with Gasteiger partial charge in [-0.1, -0.05) is 11.8 Å². The van der Waals surface area contributed by atoms with E-state index in [9.17, 15) is 14.0 Å². The molecule has 0 saturated heterocycles. The Hall–Kier alpha value is -3.01. The van der Waals surface area contributed by atoms with Crippen LogP contribution < -0.4 is 10.6 Å². The molecule has 8 nitrogen and oxygen atoms in total. The van der Waals surface area contributed by atoms with Crippen LogP contribution in [-0.2, 0) is 4.79 Å². The van der Waals surface area contributed by atoms with E-state index >= 15 is 0 Å². The summed E-state index contributed by atoms with van der Waals surface area (Å²) in [6, 6.07) is 5.32. The van der Waals surface area contributed by atoms with Crippen LogP contribution in [0.5, 0.6) is 0 Å². The maximum atomic E-state index is 13.1. The molecule has 2 N–H and O–H groups in total. The van der Waals surface area contributed by atoms with E-state index in [1.54, 1.807) is 23.0 Å². The second-order valence-corrected chi connectivity index (χ2v) is 7.95. The first-order chi connectivity index (χ1) is 13.2. The molecule has 0 radical (unpaired) electrons. The van der Waals surface area contributed by atoms with Crippen molar-refractivity contribution in [2.75, 3.05) is 5.75 Å². The molecule has 0 aliphatic carbocycles. The first-order valence-corrected chi connectivity index (χ1v) is 9.41. The van der Waals surface area contributed by atoms with Gasteiger partial charge in [0.15, 0.2) is 5.65 Å². The molecule has 0 spiro atoms. The number of urea groups is 1. The van der Waals surface area contributed by atoms with Gasteiger partial charge in [0.25, 0.3) is 0 Å². The number of rotatable bonds is 4. The summed E-state index contributed by atoms with van der Waals surface area (Å²) in [6.45, 7) is 5.46. The lowest BCUT2D eigenvalue weighted by Crippen LogP contribution is -2.48. The van der Waals surface area contributed by atoms with Crippen molar-refractivity contribution >= 4 is 34.7 Å². The van der Waals surface area contributed by atoms with Gasteiger partial charge < -0.3 is 5.32 Å². The fourth-order valence-corrected chi connectivity index (χ4v) is 3.14. The predicted molar refractivity (Wildman–Crippen MR) is 104 cm³/mol. The molecule has 0 unspecified atom stereocenters. The van der Waals surface area contributed by atoms with Crippen LogP contribution in [0.1, 0.15) is 20.8 Å². The summed E-state index contributed by atoms with van der Waals surface area (Å²) in [4.78, 5) is 32.2. The summed E-state index contributed by atoms with van der Waals surface area (Å²) >= 11 is 1.17. The van der Waals surface area contributed by atoms with Crippen molar-refractivity contribution in [3.8, 4) is 5.69 Å². The largest absolute Gasteiger partial charge is 0.333 e. The van der Waals surface area contributed by atoms with Crippen molar-refractivity contribution < 1.29 is 14.0 Å². The average molecular weight is 402 g/mol. The molecule has 3 aromatic rings. The van der Waals surface area contributed by atoms with Gasteiger partial charge in [0.2, 0.25) is 5.91 Å². The summed E-state index contributed by atoms with van der Waals surface area (Å²) in [5, 5.41) is 10.4. The summed E-state index contributed by atoms with van der Waals surface area (Å²) in [5.74, 6) is -0.775. The third-order valence-electron chi connectivity index (χ3n) is 3.48. The van der Waals surface area contributed by atoms with Crippen molar-refractivity contribution in [3.05, 3.63) is 42.6 Å². The molecule has 3 amide bonds. The van der Waals surface area contributed by atoms with Crippen LogP contribution in [0.3, 0.4) is 0 Å². The van der Waals surface area contributed by atoms with Crippen LogP contribution in [0.15, 0.2) is 41.8 Å². The molecule has 0 saturated carbocycles. The summed E-state index contributed by atoms with van der Waals surface area (Å²) in [7, 11) is 0. The maximum Gasteiger partial charge on any atom is 0.321 e. The quantitative estimate of drug-likeness (QED) is 0.514. The van der Waals surface area contributed by atoms with E-state index in [-0.39, 0.29) is 11.6 Å². The van der Waals surface area contributed by atoms with Crippen LogP contribution in [0, 0.1) is 5.82 Å². The second-order valence-electron chi connectivity index (χ2n) is 6.99. The van der Waals surface area contributed by atoms with E-state index in [4.69, 9.17) is 0 Å². The molecule has 10 heteroatoms. The maximum absolute atomic E-state index is 13.1. The topological polar surface area (TPSA) is 102 Å². The highest BCUT2D eigenvalue weighted by Gasteiger charge is 2.17. The number of carbonyl (C=O) groups is 2. The number of imide groups is 1. The zero-order chi connectivity index (χ0) is 20.3. The lowest BCUT2D eigenvalue weighted by atomic mass is 10.1. The third-order valence-corrected chi connectivity index (χ3v) is 4.49. The molecule has 3 rings (SSSR count). The normalized spacial score (nSPS) is 11.4. The Kier molecular flexibility index (Phi) is 5.59. The number of nitrogens with one attached hydrogen (secondary N) is 2. The number of fused-ring (bicyclic) bond motifs is 1. The molecule has 2 aromatic heterocycles. The Balaban J connectivity index is 1.71. The number of halogens is 1. The number of amides is 3. The smallest absolute Gasteiger partial charge is 0.321 e. The third kappa shape index (κ3) is 4.83. The van der Waals surface area contributed by atoms with Gasteiger partial charge in [-0.25, -0.2) is 23.8 Å². The molecular weight excluding hydrogens is 383 g/mol. The van der Waals surface area contributed by atoms with Crippen molar-refractivity contribution in [1.82, 2.24) is 30.4 Å². The van der Waals surface area contributed by atoms with Crippen molar-refractivity contribution in [2.45, 2.75) is 31.3 Å². The van der Waals surface area contributed by atoms with Gasteiger partial charge in [-0.3, -0.25) is 10.1 Å². The van der Waals surface area contributed by atoms with Crippen LogP contribution in [0.2, 0.25) is 0 Å². The number of benzene rings is 1. The molecule has 0 fully saturated rings. The fourth-order valence-electron chi connectivity index (χ4n) is 2.38. The number of hydrogen-bond acceptors (Lipinski definition) is 6. The van der Waals surface area contributed by atoms with Crippen LogP contribution in [0.25, 0.3) is 16.7 Å². The van der Waals surface area contributed by atoms with Gasteiger partial charge in [0.1, 0.15) is 17.2 Å². The molecule has 146 valence electrons. The van der Waals surface area contributed by atoms with Crippen molar-refractivity contribution in [2.24, 2.45) is 0 Å². The van der Waals surface area contributed by atoms with Gasteiger partial charge in [-0.2, -0.15) is 5.10 Å². The highest BCUT2D eigenvalue weighted by Crippen LogP contribution is 2.25. The zero-order valence-corrected chi connectivity index (χ0v) is 16.4. The fraction of sp³-hybridized carbons (Fsp3) is 0.278. The Morgan fingerprint density at radius 3 is 2.57 bits per heavy atom. The monoisotopic (exact) mass is 402 g/mol. The van der Waals surface area contributed by atoms with Gasteiger partial charge in [0.05, 0.1) is 23.0 Å². The Bertz CT molecular complexity index is 1010. The van der Waals surface area contributed by atoms with Crippen molar-refractivity contribution in [3.63, 3.8) is 0 Å². The molecule has 0 bridgehead atoms. The van der Waals surface area contributed by atoms with E-state index in [0.29, 0.717) is 21.7 Å². The van der Waals surface area contributed by atoms with Crippen LogP contribution in [-0.4, -0.2) is 43.0 Å². The number of nitrogens with zero attached hydrogens (tertiary/aromatic N) is 4. The van der Waals surface area contributed by atoms with E-state index in [2.05, 4.69) is 25.7 Å². The van der Waals surface area contributed by atoms with Crippen LogP contribution in [0.4, 0.5) is 9.18 Å². The van der Waals surface area contributed by atoms with E-state index in [0.717, 1.165) is 0 Å². The zero-order valence-electron chi connectivity index (χ0n) is 15.6. The highest BCUT2D eigenvalue weighted by atomic mass is 32.2. The van der Waals surface area contributed by atoms with Crippen LogP contribution >= 0.6 is 11.8 Å². The molecule has 28 heavy (non-hydrogen) atoms. The lowest BCUT2D eigenvalue weighted by molar-refractivity contribution is -0.117. The summed E-state index contributed by atoms with van der Waals surface area (Å²) in [5.41, 5.74) is 0.753. The summed E-state index contributed by atoms with van der Waals surface area (Å²) < 4.78 is 14.7. The molecule has 2 heterocycles. The van der Waals surface area contributed by atoms with E-state index in [1.165, 1.54) is 30.2 Å². The molecule has 0 aliphatic heterocycles. The van der Waals surface area contributed by atoms with Gasteiger partial charge in [0, 0.05) is 5.54 Å². The van der Waals surface area contributed by atoms with Gasteiger partial charge >= 0.3 is 6.03 Å². The van der Waals surface area contributed by atoms with E-state index in [1.807, 2.05) is 20.8 Å². The Morgan fingerprint density at radius 2 is 1.89 bits per heavy atom. The Morgan fingerprint density at radius 1 is 1.18 bits per heavy atom. The minimum absolute atomic E-state index is 0.00536. The van der Waals surface area contributed by atoms with Gasteiger partial charge in [-0.15, -0.1) is 0 Å². The molecule has 0 aliphatic rings. The average Bonchev–Trinajstić information content (AvgIpc) is 3.03. The Labute approximate surface area is 164 Å². The standard InChI is InChI=1S/C18H19FN6O2S/c1-18(2,3)24-17(27)23-14(26)9-28-16-13-8-22-25(15(13)20-10-21-16)12-6-4-11(19)5-7-12/h4-8,10H,9H2,1-3H3,(H2,23,24,26,27). The highest BCUT2D eigenvalue weighted by molar-refractivity contribution is 8.00. The minimum Gasteiger partial charge on any atom is -0.333 e.